The van der Waals surface area contributed by atoms with Crippen molar-refractivity contribution >= 4 is 11.6 Å². The third-order valence-corrected chi connectivity index (χ3v) is 3.56. The van der Waals surface area contributed by atoms with Gasteiger partial charge in [0.15, 0.2) is 0 Å². The van der Waals surface area contributed by atoms with Crippen LogP contribution in [0.4, 0.5) is 5.69 Å². The topological polar surface area (TPSA) is 47.6 Å². The molecule has 1 unspecified atom stereocenters. The lowest BCUT2D eigenvalue weighted by molar-refractivity contribution is -0.139. The SMILES string of the molecule is CCCOc1ccc(NC(=O)C(C)(CCC)OCC)cc1C. The third kappa shape index (κ3) is 5.02. The number of anilines is 1. The van der Waals surface area contributed by atoms with Crippen LogP contribution in [0.3, 0.4) is 0 Å². The quantitative estimate of drug-likeness (QED) is 0.739. The molecule has 0 saturated heterocycles. The Bertz CT molecular complexity index is 479. The summed E-state index contributed by atoms with van der Waals surface area (Å²) in [5.41, 5.74) is 1.00. The fraction of sp³-hybridized carbons (Fsp3) is 0.611. The van der Waals surface area contributed by atoms with Gasteiger partial charge >= 0.3 is 0 Å². The van der Waals surface area contributed by atoms with E-state index in [9.17, 15) is 4.79 Å². The van der Waals surface area contributed by atoms with E-state index in [2.05, 4.69) is 19.2 Å². The van der Waals surface area contributed by atoms with Crippen molar-refractivity contribution in [2.75, 3.05) is 18.5 Å². The summed E-state index contributed by atoms with van der Waals surface area (Å²) in [6, 6.07) is 5.70. The lowest BCUT2D eigenvalue weighted by Crippen LogP contribution is -2.42. The molecule has 1 aromatic carbocycles. The first-order valence-electron chi connectivity index (χ1n) is 8.15. The minimum Gasteiger partial charge on any atom is -0.493 e. The number of amides is 1. The predicted octanol–water partition coefficient (Wildman–Crippen LogP) is 4.32. The molecule has 1 rings (SSSR count). The smallest absolute Gasteiger partial charge is 0.256 e. The molecule has 0 spiro atoms. The third-order valence-electron chi connectivity index (χ3n) is 3.56. The standard InChI is InChI=1S/C18H29NO3/c1-6-11-18(5,22-8-3)17(20)19-15-9-10-16(14(4)13-15)21-12-7-2/h9-10,13H,6-8,11-12H2,1-5H3,(H,19,20). The van der Waals surface area contributed by atoms with Gasteiger partial charge in [-0.2, -0.15) is 0 Å². The van der Waals surface area contributed by atoms with E-state index in [1.807, 2.05) is 39.0 Å². The van der Waals surface area contributed by atoms with Crippen molar-refractivity contribution in [1.29, 1.82) is 0 Å². The Labute approximate surface area is 134 Å². The summed E-state index contributed by atoms with van der Waals surface area (Å²) >= 11 is 0. The lowest BCUT2D eigenvalue weighted by Gasteiger charge is -2.28. The highest BCUT2D eigenvalue weighted by atomic mass is 16.5. The molecule has 0 aliphatic carbocycles. The molecular weight excluding hydrogens is 278 g/mol. The number of ether oxygens (including phenoxy) is 2. The molecule has 1 amide bonds. The molecule has 0 aromatic heterocycles. The summed E-state index contributed by atoms with van der Waals surface area (Å²) in [6.07, 6.45) is 2.57. The van der Waals surface area contributed by atoms with Gasteiger partial charge in [0.05, 0.1) is 6.61 Å². The molecule has 1 N–H and O–H groups in total. The van der Waals surface area contributed by atoms with Crippen molar-refractivity contribution in [1.82, 2.24) is 0 Å². The monoisotopic (exact) mass is 307 g/mol. The van der Waals surface area contributed by atoms with Crippen molar-refractivity contribution in [2.24, 2.45) is 0 Å². The molecule has 0 aliphatic rings. The van der Waals surface area contributed by atoms with Gasteiger partial charge in [-0.25, -0.2) is 0 Å². The van der Waals surface area contributed by atoms with Crippen LogP contribution in [0.25, 0.3) is 0 Å². The van der Waals surface area contributed by atoms with Gasteiger partial charge < -0.3 is 14.8 Å². The zero-order valence-electron chi connectivity index (χ0n) is 14.5. The molecule has 0 radical (unpaired) electrons. The minimum atomic E-state index is -0.783. The highest BCUT2D eigenvalue weighted by Crippen LogP contribution is 2.25. The Kier molecular flexibility index (Phi) is 7.39. The molecule has 22 heavy (non-hydrogen) atoms. The van der Waals surface area contributed by atoms with Crippen LogP contribution in [-0.4, -0.2) is 24.7 Å². The van der Waals surface area contributed by atoms with E-state index in [0.717, 1.165) is 29.8 Å². The fourth-order valence-electron chi connectivity index (χ4n) is 2.41. The van der Waals surface area contributed by atoms with Crippen LogP contribution in [-0.2, 0) is 9.53 Å². The molecular formula is C18H29NO3. The molecule has 4 nitrogen and oxygen atoms in total. The van der Waals surface area contributed by atoms with Crippen molar-refractivity contribution in [3.63, 3.8) is 0 Å². The van der Waals surface area contributed by atoms with E-state index < -0.39 is 5.60 Å². The van der Waals surface area contributed by atoms with E-state index in [0.29, 0.717) is 19.6 Å². The molecule has 0 aliphatic heterocycles. The van der Waals surface area contributed by atoms with Crippen LogP contribution < -0.4 is 10.1 Å². The van der Waals surface area contributed by atoms with Gasteiger partial charge in [-0.15, -0.1) is 0 Å². The minimum absolute atomic E-state index is 0.0992. The number of carbonyl (C=O) groups is 1. The number of carbonyl (C=O) groups excluding carboxylic acids is 1. The van der Waals surface area contributed by atoms with Gasteiger partial charge in [0.1, 0.15) is 11.4 Å². The fourth-order valence-corrected chi connectivity index (χ4v) is 2.41. The largest absolute Gasteiger partial charge is 0.493 e. The van der Waals surface area contributed by atoms with Gasteiger partial charge in [-0.3, -0.25) is 4.79 Å². The molecule has 0 heterocycles. The predicted molar refractivity (Wildman–Crippen MR) is 90.5 cm³/mol. The van der Waals surface area contributed by atoms with Gasteiger partial charge in [-0.1, -0.05) is 20.3 Å². The second-order valence-electron chi connectivity index (χ2n) is 5.70. The average Bonchev–Trinajstić information content (AvgIpc) is 2.47. The van der Waals surface area contributed by atoms with Crippen molar-refractivity contribution in [2.45, 2.75) is 59.5 Å². The maximum atomic E-state index is 12.5. The summed E-state index contributed by atoms with van der Waals surface area (Å²) in [5, 5.41) is 2.96. The maximum absolute atomic E-state index is 12.5. The maximum Gasteiger partial charge on any atom is 0.256 e. The normalized spacial score (nSPS) is 13.5. The number of hydrogen-bond donors (Lipinski definition) is 1. The van der Waals surface area contributed by atoms with Crippen molar-refractivity contribution in [3.8, 4) is 5.75 Å². The van der Waals surface area contributed by atoms with Crippen molar-refractivity contribution < 1.29 is 14.3 Å². The lowest BCUT2D eigenvalue weighted by atomic mass is 9.99. The van der Waals surface area contributed by atoms with Crippen LogP contribution in [0.1, 0.15) is 52.5 Å². The first kappa shape index (κ1) is 18.5. The number of aryl methyl sites for hydroxylation is 1. The zero-order chi connectivity index (χ0) is 16.6. The van der Waals surface area contributed by atoms with Crippen LogP contribution in [0.15, 0.2) is 18.2 Å². The average molecular weight is 307 g/mol. The van der Waals surface area contributed by atoms with Crippen LogP contribution >= 0.6 is 0 Å². The van der Waals surface area contributed by atoms with Gasteiger partial charge in [0, 0.05) is 12.3 Å². The van der Waals surface area contributed by atoms with Crippen LogP contribution in [0, 0.1) is 6.92 Å². The Morgan fingerprint density at radius 1 is 1.23 bits per heavy atom. The van der Waals surface area contributed by atoms with Crippen LogP contribution in [0.2, 0.25) is 0 Å². The van der Waals surface area contributed by atoms with Gasteiger partial charge in [0.2, 0.25) is 0 Å². The Morgan fingerprint density at radius 3 is 2.50 bits per heavy atom. The highest BCUT2D eigenvalue weighted by molar-refractivity contribution is 5.97. The van der Waals surface area contributed by atoms with Crippen LogP contribution in [0.5, 0.6) is 5.75 Å². The Balaban J connectivity index is 2.80. The Hall–Kier alpha value is -1.55. The number of nitrogens with one attached hydrogen (secondary N) is 1. The molecule has 0 saturated carbocycles. The molecule has 1 atom stereocenters. The second kappa shape index (κ2) is 8.79. The van der Waals surface area contributed by atoms with Gasteiger partial charge in [-0.05, 0) is 57.4 Å². The first-order chi connectivity index (χ1) is 10.5. The van der Waals surface area contributed by atoms with E-state index in [4.69, 9.17) is 9.47 Å². The molecule has 0 fully saturated rings. The Morgan fingerprint density at radius 2 is 1.95 bits per heavy atom. The van der Waals surface area contributed by atoms with Crippen molar-refractivity contribution in [3.05, 3.63) is 23.8 Å². The first-order valence-corrected chi connectivity index (χ1v) is 8.15. The summed E-state index contributed by atoms with van der Waals surface area (Å²) in [5.74, 6) is 0.763. The summed E-state index contributed by atoms with van der Waals surface area (Å²) < 4.78 is 11.3. The highest BCUT2D eigenvalue weighted by Gasteiger charge is 2.32. The number of benzene rings is 1. The molecule has 1 aromatic rings. The molecule has 4 heteroatoms. The second-order valence-corrected chi connectivity index (χ2v) is 5.70. The molecule has 0 bridgehead atoms. The summed E-state index contributed by atoms with van der Waals surface area (Å²) in [4.78, 5) is 12.5. The van der Waals surface area contributed by atoms with E-state index in [1.165, 1.54) is 0 Å². The zero-order valence-corrected chi connectivity index (χ0v) is 14.5. The summed E-state index contributed by atoms with van der Waals surface area (Å²) in [7, 11) is 0. The van der Waals surface area contributed by atoms with Gasteiger partial charge in [0.25, 0.3) is 5.91 Å². The van der Waals surface area contributed by atoms with E-state index in [1.54, 1.807) is 0 Å². The van der Waals surface area contributed by atoms with E-state index in [-0.39, 0.29) is 5.91 Å². The number of hydrogen-bond acceptors (Lipinski definition) is 3. The summed E-state index contributed by atoms with van der Waals surface area (Å²) in [6.45, 7) is 11.1. The number of rotatable bonds is 9. The molecule has 124 valence electrons. The van der Waals surface area contributed by atoms with E-state index >= 15 is 0 Å².